The molecule has 0 spiro atoms. The van der Waals surface area contributed by atoms with E-state index < -0.39 is 0 Å². The third-order valence-corrected chi connectivity index (χ3v) is 6.79. The van der Waals surface area contributed by atoms with Crippen LogP contribution < -0.4 is 4.74 Å². The largest absolute Gasteiger partial charge is 0.490 e. The lowest BCUT2D eigenvalue weighted by molar-refractivity contribution is 0.0993. The molecule has 1 saturated heterocycles. The number of ether oxygens (including phenoxy) is 1. The van der Waals surface area contributed by atoms with Crippen molar-refractivity contribution in [3.05, 3.63) is 114 Å². The molecule has 5 rings (SSSR count). The first kappa shape index (κ1) is 23.1. The Labute approximate surface area is 208 Å². The highest BCUT2D eigenvalue weighted by Crippen LogP contribution is 2.25. The molecule has 0 unspecified atom stereocenters. The van der Waals surface area contributed by atoms with Gasteiger partial charge in [0.25, 0.3) is 0 Å². The molecule has 0 N–H and O–H groups in total. The van der Waals surface area contributed by atoms with Crippen LogP contribution in [0.5, 0.6) is 5.75 Å². The maximum atomic E-state index is 12.8. The van der Waals surface area contributed by atoms with Gasteiger partial charge < -0.3 is 9.64 Å². The Bertz CT molecular complexity index is 1240. The first-order valence-corrected chi connectivity index (χ1v) is 12.4. The number of carbonyl (C=O) groups is 1. The number of carbonyl (C=O) groups excluding carboxylic acids is 1. The molecule has 0 atom stereocenters. The zero-order chi connectivity index (χ0) is 24.0. The maximum Gasteiger partial charge on any atom is 0.167 e. The van der Waals surface area contributed by atoms with Crippen molar-refractivity contribution in [3.8, 4) is 28.0 Å². The molecular formula is C32H31NO2. The van der Waals surface area contributed by atoms with Gasteiger partial charge in [0.15, 0.2) is 5.78 Å². The highest BCUT2D eigenvalue weighted by atomic mass is 16.5. The fourth-order valence-electron chi connectivity index (χ4n) is 4.60. The van der Waals surface area contributed by atoms with E-state index in [1.54, 1.807) is 0 Å². The van der Waals surface area contributed by atoms with Crippen LogP contribution in [-0.4, -0.2) is 36.9 Å². The van der Waals surface area contributed by atoms with Gasteiger partial charge in [-0.15, -0.1) is 0 Å². The molecule has 0 aromatic heterocycles. The average Bonchev–Trinajstić information content (AvgIpc) is 2.91. The van der Waals surface area contributed by atoms with Gasteiger partial charge in [-0.1, -0.05) is 91.0 Å². The molecule has 0 aliphatic carbocycles. The summed E-state index contributed by atoms with van der Waals surface area (Å²) < 4.78 is 6.17. The van der Waals surface area contributed by atoms with Crippen molar-refractivity contribution in [3.63, 3.8) is 0 Å². The predicted molar refractivity (Wildman–Crippen MR) is 143 cm³/mol. The molecule has 35 heavy (non-hydrogen) atoms. The first-order chi connectivity index (χ1) is 17.1. The number of benzene rings is 4. The van der Waals surface area contributed by atoms with E-state index in [2.05, 4.69) is 72.6 Å². The Morgan fingerprint density at radius 3 is 1.83 bits per heavy atom. The van der Waals surface area contributed by atoms with Gasteiger partial charge in [0.05, 0.1) is 0 Å². The van der Waals surface area contributed by atoms with Crippen LogP contribution in [0.1, 0.15) is 28.8 Å². The highest BCUT2D eigenvalue weighted by molar-refractivity contribution is 5.98. The van der Waals surface area contributed by atoms with Gasteiger partial charge in [-0.2, -0.15) is 0 Å². The number of nitrogens with zero attached hydrogens (tertiary/aromatic N) is 1. The molecule has 176 valence electrons. The molecule has 3 nitrogen and oxygen atoms in total. The minimum absolute atomic E-state index is 0.132. The SMILES string of the molecule is CN1CCC(Oc2ccc(-c3ccc(CC(=O)c4ccc(-c5ccccc5)cc4)cc3)cc2)CC1. The number of piperidine rings is 1. The van der Waals surface area contributed by atoms with Gasteiger partial charge in [0.2, 0.25) is 0 Å². The monoisotopic (exact) mass is 461 g/mol. The summed E-state index contributed by atoms with van der Waals surface area (Å²) in [6.45, 7) is 2.19. The average molecular weight is 462 g/mol. The summed E-state index contributed by atoms with van der Waals surface area (Å²) >= 11 is 0. The van der Waals surface area contributed by atoms with E-state index >= 15 is 0 Å². The zero-order valence-corrected chi connectivity index (χ0v) is 20.2. The summed E-state index contributed by atoms with van der Waals surface area (Å²) in [6.07, 6.45) is 2.86. The van der Waals surface area contributed by atoms with Gasteiger partial charge in [0, 0.05) is 25.1 Å². The summed E-state index contributed by atoms with van der Waals surface area (Å²) in [5.74, 6) is 1.07. The molecule has 3 heteroatoms. The lowest BCUT2D eigenvalue weighted by atomic mass is 9.98. The standard InChI is InChI=1S/C32H31NO2/c1-33-21-19-31(20-22-33)35-30-17-15-28(16-18-30)26-9-7-24(8-10-26)23-32(34)29-13-11-27(12-14-29)25-5-3-2-4-6-25/h2-18,31H,19-23H2,1H3. The number of rotatable bonds is 7. The minimum atomic E-state index is 0.132. The third-order valence-electron chi connectivity index (χ3n) is 6.79. The van der Waals surface area contributed by atoms with Gasteiger partial charge in [-0.25, -0.2) is 0 Å². The normalized spacial score (nSPS) is 14.5. The number of Topliss-reactive ketones (excluding diaryl/α,β-unsaturated/α-hetero) is 1. The van der Waals surface area contributed by atoms with Crippen molar-refractivity contribution < 1.29 is 9.53 Å². The number of hydrogen-bond donors (Lipinski definition) is 0. The molecule has 0 saturated carbocycles. The molecule has 1 heterocycles. The van der Waals surface area contributed by atoms with Gasteiger partial charge in [0.1, 0.15) is 11.9 Å². The fourth-order valence-corrected chi connectivity index (χ4v) is 4.60. The van der Waals surface area contributed by atoms with Crippen LogP contribution in [0, 0.1) is 0 Å². The van der Waals surface area contributed by atoms with Crippen molar-refractivity contribution in [2.24, 2.45) is 0 Å². The second kappa shape index (κ2) is 10.7. The first-order valence-electron chi connectivity index (χ1n) is 12.4. The molecule has 0 amide bonds. The molecule has 0 radical (unpaired) electrons. The molecule has 1 aliphatic heterocycles. The quantitative estimate of drug-likeness (QED) is 0.280. The number of hydrogen-bond acceptors (Lipinski definition) is 3. The van der Waals surface area contributed by atoms with Crippen LogP contribution >= 0.6 is 0 Å². The van der Waals surface area contributed by atoms with Crippen molar-refractivity contribution in [1.82, 2.24) is 4.90 Å². The Hall–Kier alpha value is -3.69. The summed E-state index contributed by atoms with van der Waals surface area (Å²) in [4.78, 5) is 15.2. The lowest BCUT2D eigenvalue weighted by Gasteiger charge is -2.29. The Balaban J connectivity index is 1.18. The molecule has 0 bridgehead atoms. The smallest absolute Gasteiger partial charge is 0.167 e. The predicted octanol–water partition coefficient (Wildman–Crippen LogP) is 6.92. The molecular weight excluding hydrogens is 430 g/mol. The van der Waals surface area contributed by atoms with Crippen LogP contribution in [0.2, 0.25) is 0 Å². The van der Waals surface area contributed by atoms with E-state index in [0.29, 0.717) is 12.5 Å². The molecule has 4 aromatic rings. The number of likely N-dealkylation sites (tertiary alicyclic amines) is 1. The van der Waals surface area contributed by atoms with Gasteiger partial charge in [-0.3, -0.25) is 4.79 Å². The maximum absolute atomic E-state index is 12.8. The number of ketones is 1. The van der Waals surface area contributed by atoms with Gasteiger partial charge >= 0.3 is 0 Å². The van der Waals surface area contributed by atoms with Crippen molar-refractivity contribution in [2.45, 2.75) is 25.4 Å². The van der Waals surface area contributed by atoms with Crippen LogP contribution in [0.3, 0.4) is 0 Å². The zero-order valence-electron chi connectivity index (χ0n) is 20.2. The molecule has 1 fully saturated rings. The van der Waals surface area contributed by atoms with E-state index in [-0.39, 0.29) is 5.78 Å². The second-order valence-electron chi connectivity index (χ2n) is 9.39. The van der Waals surface area contributed by atoms with Crippen LogP contribution in [0.4, 0.5) is 0 Å². The lowest BCUT2D eigenvalue weighted by Crippen LogP contribution is -2.35. The summed E-state index contributed by atoms with van der Waals surface area (Å²) in [7, 11) is 2.16. The van der Waals surface area contributed by atoms with E-state index in [9.17, 15) is 4.79 Å². The van der Waals surface area contributed by atoms with Gasteiger partial charge in [-0.05, 0) is 59.8 Å². The van der Waals surface area contributed by atoms with Crippen molar-refractivity contribution >= 4 is 5.78 Å². The van der Waals surface area contributed by atoms with Crippen LogP contribution in [-0.2, 0) is 6.42 Å². The van der Waals surface area contributed by atoms with E-state index in [0.717, 1.165) is 65.1 Å². The third kappa shape index (κ3) is 5.87. The van der Waals surface area contributed by atoms with Crippen LogP contribution in [0.25, 0.3) is 22.3 Å². The second-order valence-corrected chi connectivity index (χ2v) is 9.39. The highest BCUT2D eigenvalue weighted by Gasteiger charge is 2.18. The van der Waals surface area contributed by atoms with E-state index in [4.69, 9.17) is 4.74 Å². The molecule has 1 aliphatic rings. The minimum Gasteiger partial charge on any atom is -0.490 e. The van der Waals surface area contributed by atoms with E-state index in [1.165, 1.54) is 0 Å². The molecule has 4 aromatic carbocycles. The topological polar surface area (TPSA) is 29.5 Å². The van der Waals surface area contributed by atoms with E-state index in [1.807, 2.05) is 42.5 Å². The van der Waals surface area contributed by atoms with Crippen molar-refractivity contribution in [1.29, 1.82) is 0 Å². The fraction of sp³-hybridized carbons (Fsp3) is 0.219. The Morgan fingerprint density at radius 2 is 1.23 bits per heavy atom. The Kier molecular flexibility index (Phi) is 7.06. The van der Waals surface area contributed by atoms with Crippen LogP contribution in [0.15, 0.2) is 103 Å². The Morgan fingerprint density at radius 1 is 0.714 bits per heavy atom. The van der Waals surface area contributed by atoms with Crippen molar-refractivity contribution in [2.75, 3.05) is 20.1 Å². The summed E-state index contributed by atoms with van der Waals surface area (Å²) in [6, 6.07) is 34.7. The summed E-state index contributed by atoms with van der Waals surface area (Å²) in [5.41, 5.74) is 6.33. The summed E-state index contributed by atoms with van der Waals surface area (Å²) in [5, 5.41) is 0.